The molecule has 0 bridgehead atoms. The second-order valence-electron chi connectivity index (χ2n) is 3.80. The van der Waals surface area contributed by atoms with Gasteiger partial charge in [-0.3, -0.25) is 9.89 Å². The van der Waals surface area contributed by atoms with Crippen molar-refractivity contribution in [3.63, 3.8) is 0 Å². The molecule has 0 aliphatic heterocycles. The summed E-state index contributed by atoms with van der Waals surface area (Å²) in [5.41, 5.74) is -0.347. The standard InChI is InChI=1S/C12H9F2N3O4/c13-12(14)21-8-4-2-1-3-6(8)10(18)15-9-5-7(11(19)20)16-17-9/h1-5,12H,(H,19,20)(H2,15,16,17,18). The Bertz CT molecular complexity index is 672. The number of nitrogens with zero attached hydrogens (tertiary/aromatic N) is 1. The van der Waals surface area contributed by atoms with Gasteiger partial charge in [0.1, 0.15) is 11.4 Å². The molecule has 0 atom stereocenters. The van der Waals surface area contributed by atoms with E-state index in [4.69, 9.17) is 5.11 Å². The fraction of sp³-hybridized carbons (Fsp3) is 0.0833. The number of nitrogens with one attached hydrogen (secondary N) is 2. The lowest BCUT2D eigenvalue weighted by atomic mass is 10.2. The molecule has 0 fully saturated rings. The van der Waals surface area contributed by atoms with Crippen LogP contribution in [0.3, 0.4) is 0 Å². The van der Waals surface area contributed by atoms with Crippen molar-refractivity contribution >= 4 is 17.7 Å². The fourth-order valence-corrected chi connectivity index (χ4v) is 1.53. The van der Waals surface area contributed by atoms with Crippen LogP contribution in [0, 0.1) is 0 Å². The molecule has 1 aromatic heterocycles. The molecular weight excluding hydrogens is 288 g/mol. The number of halogens is 2. The van der Waals surface area contributed by atoms with Crippen molar-refractivity contribution < 1.29 is 28.2 Å². The smallest absolute Gasteiger partial charge is 0.387 e. The van der Waals surface area contributed by atoms with Crippen LogP contribution in [0.4, 0.5) is 14.6 Å². The number of anilines is 1. The molecule has 0 aliphatic carbocycles. The number of para-hydroxylation sites is 1. The van der Waals surface area contributed by atoms with Crippen molar-refractivity contribution in [1.29, 1.82) is 0 Å². The van der Waals surface area contributed by atoms with Crippen molar-refractivity contribution in [2.75, 3.05) is 5.32 Å². The normalized spacial score (nSPS) is 10.4. The van der Waals surface area contributed by atoms with E-state index >= 15 is 0 Å². The molecule has 0 unspecified atom stereocenters. The predicted molar refractivity (Wildman–Crippen MR) is 66.6 cm³/mol. The molecule has 0 spiro atoms. The van der Waals surface area contributed by atoms with Gasteiger partial charge in [-0.1, -0.05) is 12.1 Å². The average Bonchev–Trinajstić information content (AvgIpc) is 2.87. The zero-order valence-electron chi connectivity index (χ0n) is 10.3. The molecule has 2 rings (SSSR count). The van der Waals surface area contributed by atoms with E-state index in [-0.39, 0.29) is 22.8 Å². The molecule has 1 amide bonds. The summed E-state index contributed by atoms with van der Waals surface area (Å²) in [6, 6.07) is 6.51. The van der Waals surface area contributed by atoms with Crippen LogP contribution in [0.1, 0.15) is 20.8 Å². The number of hydrogen-bond acceptors (Lipinski definition) is 4. The summed E-state index contributed by atoms with van der Waals surface area (Å²) in [6.45, 7) is -3.07. The Morgan fingerprint density at radius 3 is 2.67 bits per heavy atom. The van der Waals surface area contributed by atoms with Crippen LogP contribution in [-0.4, -0.2) is 33.8 Å². The summed E-state index contributed by atoms with van der Waals surface area (Å²) in [5.74, 6) is -2.35. The third-order valence-corrected chi connectivity index (χ3v) is 2.40. The molecule has 1 heterocycles. The minimum absolute atomic E-state index is 0.0516. The third-order valence-electron chi connectivity index (χ3n) is 2.40. The molecule has 0 saturated heterocycles. The lowest BCUT2D eigenvalue weighted by molar-refractivity contribution is -0.0501. The highest BCUT2D eigenvalue weighted by atomic mass is 19.3. The van der Waals surface area contributed by atoms with Crippen LogP contribution in [0.15, 0.2) is 30.3 Å². The zero-order valence-corrected chi connectivity index (χ0v) is 10.3. The Kier molecular flexibility index (Phi) is 4.12. The van der Waals surface area contributed by atoms with Crippen molar-refractivity contribution in [1.82, 2.24) is 10.2 Å². The number of H-pyrrole nitrogens is 1. The van der Waals surface area contributed by atoms with Crippen LogP contribution in [0.2, 0.25) is 0 Å². The Morgan fingerprint density at radius 2 is 2.05 bits per heavy atom. The molecule has 2 aromatic rings. The van der Waals surface area contributed by atoms with Gasteiger partial charge in [-0.05, 0) is 12.1 Å². The molecule has 1 aromatic carbocycles. The van der Waals surface area contributed by atoms with Gasteiger partial charge in [0.25, 0.3) is 5.91 Å². The average molecular weight is 297 g/mol. The largest absolute Gasteiger partial charge is 0.477 e. The first-order valence-electron chi connectivity index (χ1n) is 5.61. The highest BCUT2D eigenvalue weighted by molar-refractivity contribution is 6.06. The van der Waals surface area contributed by atoms with Gasteiger partial charge in [-0.2, -0.15) is 13.9 Å². The number of aromatic amines is 1. The van der Waals surface area contributed by atoms with Crippen LogP contribution < -0.4 is 10.1 Å². The van der Waals surface area contributed by atoms with Crippen molar-refractivity contribution in [2.24, 2.45) is 0 Å². The summed E-state index contributed by atoms with van der Waals surface area (Å²) in [4.78, 5) is 22.6. The molecule has 21 heavy (non-hydrogen) atoms. The van der Waals surface area contributed by atoms with Crippen molar-refractivity contribution in [3.8, 4) is 5.75 Å². The molecule has 0 aliphatic rings. The molecule has 9 heteroatoms. The van der Waals surface area contributed by atoms with E-state index in [1.165, 1.54) is 24.3 Å². The number of rotatable bonds is 5. The second kappa shape index (κ2) is 5.99. The summed E-state index contributed by atoms with van der Waals surface area (Å²) >= 11 is 0. The molecule has 3 N–H and O–H groups in total. The van der Waals surface area contributed by atoms with Crippen LogP contribution in [0.5, 0.6) is 5.75 Å². The summed E-state index contributed by atoms with van der Waals surface area (Å²) in [6.07, 6.45) is 0. The molecule has 0 saturated carbocycles. The van der Waals surface area contributed by atoms with Crippen LogP contribution in [0.25, 0.3) is 0 Å². The topological polar surface area (TPSA) is 104 Å². The van der Waals surface area contributed by atoms with Gasteiger partial charge in [0.05, 0.1) is 5.56 Å². The maximum Gasteiger partial charge on any atom is 0.387 e. The predicted octanol–water partition coefficient (Wildman–Crippen LogP) is 1.96. The maximum absolute atomic E-state index is 12.2. The van der Waals surface area contributed by atoms with Gasteiger partial charge < -0.3 is 15.2 Å². The fourth-order valence-electron chi connectivity index (χ4n) is 1.53. The Morgan fingerprint density at radius 1 is 1.33 bits per heavy atom. The van der Waals surface area contributed by atoms with E-state index in [1.54, 1.807) is 0 Å². The highest BCUT2D eigenvalue weighted by Crippen LogP contribution is 2.21. The molecule has 0 radical (unpaired) electrons. The van der Waals surface area contributed by atoms with Gasteiger partial charge in [0.15, 0.2) is 5.82 Å². The van der Waals surface area contributed by atoms with E-state index in [1.807, 2.05) is 0 Å². The summed E-state index contributed by atoms with van der Waals surface area (Å²) in [7, 11) is 0. The number of carbonyl (C=O) groups excluding carboxylic acids is 1. The number of aromatic nitrogens is 2. The van der Waals surface area contributed by atoms with Gasteiger partial charge in [-0.15, -0.1) is 0 Å². The quantitative estimate of drug-likeness (QED) is 0.782. The Balaban J connectivity index is 2.18. The summed E-state index contributed by atoms with van der Waals surface area (Å²) in [5, 5.41) is 16.7. The van der Waals surface area contributed by atoms with Gasteiger partial charge in [0, 0.05) is 6.07 Å². The van der Waals surface area contributed by atoms with Gasteiger partial charge in [0.2, 0.25) is 0 Å². The first-order chi connectivity index (χ1) is 9.97. The lowest BCUT2D eigenvalue weighted by Crippen LogP contribution is -2.15. The maximum atomic E-state index is 12.2. The molecule has 7 nitrogen and oxygen atoms in total. The van der Waals surface area contributed by atoms with Crippen molar-refractivity contribution in [2.45, 2.75) is 6.61 Å². The minimum atomic E-state index is -3.07. The van der Waals surface area contributed by atoms with E-state index in [0.29, 0.717) is 0 Å². The number of carboxylic acid groups (broad SMARTS) is 1. The molecule has 110 valence electrons. The van der Waals surface area contributed by atoms with E-state index in [2.05, 4.69) is 20.3 Å². The number of benzene rings is 1. The van der Waals surface area contributed by atoms with Crippen LogP contribution in [-0.2, 0) is 0 Å². The van der Waals surface area contributed by atoms with Crippen LogP contribution >= 0.6 is 0 Å². The Labute approximate surface area is 116 Å². The number of ether oxygens (including phenoxy) is 1. The van der Waals surface area contributed by atoms with Gasteiger partial charge in [-0.25, -0.2) is 4.79 Å². The van der Waals surface area contributed by atoms with E-state index in [9.17, 15) is 18.4 Å². The number of carboxylic acids is 1. The van der Waals surface area contributed by atoms with E-state index in [0.717, 1.165) is 6.07 Å². The SMILES string of the molecule is O=C(O)c1cc(NC(=O)c2ccccc2OC(F)F)n[nH]1. The lowest BCUT2D eigenvalue weighted by Gasteiger charge is -2.09. The third kappa shape index (κ3) is 3.53. The Hall–Kier alpha value is -2.97. The first kappa shape index (κ1) is 14.4. The number of aromatic carboxylic acids is 1. The second-order valence-corrected chi connectivity index (χ2v) is 3.80. The number of hydrogen-bond donors (Lipinski definition) is 3. The first-order valence-corrected chi connectivity index (χ1v) is 5.61. The van der Waals surface area contributed by atoms with E-state index < -0.39 is 18.5 Å². The van der Waals surface area contributed by atoms with Crippen molar-refractivity contribution in [3.05, 3.63) is 41.6 Å². The number of alkyl halides is 2. The number of carbonyl (C=O) groups is 2. The highest BCUT2D eigenvalue weighted by Gasteiger charge is 2.17. The number of amides is 1. The monoisotopic (exact) mass is 297 g/mol. The minimum Gasteiger partial charge on any atom is -0.477 e. The zero-order chi connectivity index (χ0) is 15.4. The summed E-state index contributed by atoms with van der Waals surface area (Å²) < 4.78 is 28.7. The molecular formula is C12H9F2N3O4. The van der Waals surface area contributed by atoms with Gasteiger partial charge >= 0.3 is 12.6 Å².